The van der Waals surface area contributed by atoms with Gasteiger partial charge in [-0.05, 0) is 97.4 Å². The molecule has 5 aromatic rings. The van der Waals surface area contributed by atoms with E-state index in [1.165, 1.54) is 0 Å². The molecule has 0 saturated carbocycles. The van der Waals surface area contributed by atoms with Crippen LogP contribution in [-0.4, -0.2) is 45.1 Å². The predicted molar refractivity (Wildman–Crippen MR) is 169 cm³/mol. The fourth-order valence-electron chi connectivity index (χ4n) is 5.09. The first-order chi connectivity index (χ1) is 21.3. The molecule has 0 unspecified atom stereocenters. The van der Waals surface area contributed by atoms with Crippen LogP contribution in [0.2, 0.25) is 0 Å². The highest BCUT2D eigenvalue weighted by Gasteiger charge is 2.12. The van der Waals surface area contributed by atoms with Gasteiger partial charge in [-0.1, -0.05) is 48.5 Å². The molecule has 0 aliphatic carbocycles. The second-order valence-electron chi connectivity index (χ2n) is 11.0. The quantitative estimate of drug-likeness (QED) is 0.121. The number of carbonyl (C=O) groups is 2. The zero-order valence-corrected chi connectivity index (χ0v) is 24.7. The third kappa shape index (κ3) is 8.33. The van der Waals surface area contributed by atoms with Crippen molar-refractivity contribution in [3.8, 4) is 17.2 Å². The van der Waals surface area contributed by atoms with Gasteiger partial charge in [-0.3, -0.25) is 9.69 Å². The Morgan fingerprint density at radius 2 is 1.61 bits per heavy atom. The summed E-state index contributed by atoms with van der Waals surface area (Å²) in [5, 5.41) is 18.2. The fourth-order valence-corrected chi connectivity index (χ4v) is 5.09. The highest BCUT2D eigenvalue weighted by molar-refractivity contribution is 5.87. The number of rotatable bonds is 15. The summed E-state index contributed by atoms with van der Waals surface area (Å²) in [5.41, 5.74) is 7.04. The number of aryl methyl sites for hydroxylation is 1. The van der Waals surface area contributed by atoms with Gasteiger partial charge >= 0.3 is 11.9 Å². The number of aromatic nitrogens is 1. The van der Waals surface area contributed by atoms with E-state index in [0.29, 0.717) is 25.5 Å². The minimum absolute atomic E-state index is 0.146. The number of para-hydroxylation sites is 1. The minimum atomic E-state index is -0.951. The summed E-state index contributed by atoms with van der Waals surface area (Å²) in [6.45, 7) is 4.57. The fraction of sp³-hybridized carbons (Fsp3) is 0.250. The maximum absolute atomic E-state index is 11.2. The minimum Gasteiger partial charge on any atom is -0.489 e. The first-order valence-corrected chi connectivity index (χ1v) is 14.8. The van der Waals surface area contributed by atoms with Gasteiger partial charge in [-0.15, -0.1) is 0 Å². The number of aliphatic carboxylic acids is 1. The first kappa shape index (κ1) is 30.5. The Labute approximate surface area is 256 Å². The molecule has 0 aliphatic heterocycles. The van der Waals surface area contributed by atoms with E-state index in [2.05, 4.69) is 16.0 Å². The summed E-state index contributed by atoms with van der Waals surface area (Å²) in [4.78, 5) is 29.1. The highest BCUT2D eigenvalue weighted by Crippen LogP contribution is 2.26. The van der Waals surface area contributed by atoms with Gasteiger partial charge in [0.15, 0.2) is 5.58 Å². The van der Waals surface area contributed by atoms with Crippen LogP contribution in [0.25, 0.3) is 22.6 Å². The molecule has 2 N–H and O–H groups in total. The van der Waals surface area contributed by atoms with E-state index in [1.54, 1.807) is 12.1 Å². The molecule has 0 radical (unpaired) electrons. The number of fused-ring (bicyclic) bond motifs is 1. The average molecular weight is 593 g/mol. The van der Waals surface area contributed by atoms with Crippen LogP contribution in [-0.2, 0) is 24.4 Å². The molecule has 0 aliphatic rings. The maximum Gasteiger partial charge on any atom is 0.335 e. The molecule has 226 valence electrons. The van der Waals surface area contributed by atoms with E-state index < -0.39 is 11.9 Å². The second-order valence-corrected chi connectivity index (χ2v) is 11.0. The van der Waals surface area contributed by atoms with Gasteiger partial charge in [0.1, 0.15) is 17.9 Å². The van der Waals surface area contributed by atoms with E-state index in [9.17, 15) is 14.7 Å². The highest BCUT2D eigenvalue weighted by atomic mass is 16.5. The van der Waals surface area contributed by atoms with E-state index in [4.69, 9.17) is 14.3 Å². The van der Waals surface area contributed by atoms with E-state index in [0.717, 1.165) is 70.6 Å². The van der Waals surface area contributed by atoms with Crippen molar-refractivity contribution in [1.82, 2.24) is 9.88 Å². The van der Waals surface area contributed by atoms with Crippen LogP contribution in [0.5, 0.6) is 5.75 Å². The molecule has 0 amide bonds. The van der Waals surface area contributed by atoms with Crippen molar-refractivity contribution in [2.75, 3.05) is 13.1 Å². The van der Waals surface area contributed by atoms with E-state index >= 15 is 0 Å². The number of benzene rings is 4. The van der Waals surface area contributed by atoms with Crippen LogP contribution in [0.1, 0.15) is 51.9 Å². The van der Waals surface area contributed by atoms with Crippen LogP contribution in [0.15, 0.2) is 95.4 Å². The Hall–Kier alpha value is -4.95. The molecule has 1 heterocycles. The van der Waals surface area contributed by atoms with Gasteiger partial charge < -0.3 is 19.4 Å². The van der Waals surface area contributed by atoms with Gasteiger partial charge in [-0.2, -0.15) is 0 Å². The van der Waals surface area contributed by atoms with Gasteiger partial charge in [0.05, 0.1) is 5.56 Å². The van der Waals surface area contributed by atoms with Gasteiger partial charge in [0, 0.05) is 25.1 Å². The number of hydrogen-bond donors (Lipinski definition) is 2. The van der Waals surface area contributed by atoms with E-state index in [-0.39, 0.29) is 12.0 Å². The van der Waals surface area contributed by atoms with Gasteiger partial charge in [-0.25, -0.2) is 9.78 Å². The number of ether oxygens (including phenoxy) is 1. The lowest BCUT2D eigenvalue weighted by Crippen LogP contribution is -2.27. The second kappa shape index (κ2) is 14.5. The summed E-state index contributed by atoms with van der Waals surface area (Å²) in [6, 6.07) is 28.9. The van der Waals surface area contributed by atoms with E-state index in [1.807, 2.05) is 79.7 Å². The Morgan fingerprint density at radius 3 is 2.36 bits per heavy atom. The van der Waals surface area contributed by atoms with Crippen molar-refractivity contribution in [1.29, 1.82) is 0 Å². The summed E-state index contributed by atoms with van der Waals surface area (Å²) < 4.78 is 12.2. The monoisotopic (exact) mass is 592 g/mol. The van der Waals surface area contributed by atoms with Crippen LogP contribution >= 0.6 is 0 Å². The molecule has 8 nitrogen and oxygen atoms in total. The summed E-state index contributed by atoms with van der Waals surface area (Å²) in [6.07, 6.45) is 2.26. The number of carboxylic acids is 2. The van der Waals surface area contributed by atoms with Crippen molar-refractivity contribution in [2.24, 2.45) is 0 Å². The van der Waals surface area contributed by atoms with Crippen molar-refractivity contribution in [3.63, 3.8) is 0 Å². The maximum atomic E-state index is 11.2. The Kier molecular flexibility index (Phi) is 10.0. The van der Waals surface area contributed by atoms with Crippen molar-refractivity contribution in [3.05, 3.63) is 119 Å². The summed E-state index contributed by atoms with van der Waals surface area (Å²) in [5.74, 6) is -0.327. The van der Waals surface area contributed by atoms with Crippen molar-refractivity contribution >= 4 is 23.0 Å². The number of aromatic carboxylic acids is 1. The SMILES string of the molecule is Cc1ccc2oc(-c3ccc(COc4ccccc4CCN(CCCCC(=O)O)Cc4ccc(C(=O)O)cc4)cc3)nc2c1. The van der Waals surface area contributed by atoms with Crippen LogP contribution in [0.4, 0.5) is 0 Å². The lowest BCUT2D eigenvalue weighted by molar-refractivity contribution is -0.137. The Bertz CT molecular complexity index is 1710. The molecule has 0 bridgehead atoms. The predicted octanol–water partition coefficient (Wildman–Crippen LogP) is 7.38. The lowest BCUT2D eigenvalue weighted by Gasteiger charge is -2.23. The molecule has 0 atom stereocenters. The number of unbranched alkanes of at least 4 members (excludes halogenated alkanes) is 1. The third-order valence-corrected chi connectivity index (χ3v) is 7.53. The average Bonchev–Trinajstić information content (AvgIpc) is 3.45. The normalized spacial score (nSPS) is 11.2. The smallest absolute Gasteiger partial charge is 0.335 e. The van der Waals surface area contributed by atoms with Gasteiger partial charge in [0.25, 0.3) is 0 Å². The molecule has 1 aromatic heterocycles. The molecule has 0 fully saturated rings. The molecule has 0 spiro atoms. The Balaban J connectivity index is 1.20. The van der Waals surface area contributed by atoms with Crippen molar-refractivity contribution < 1.29 is 29.0 Å². The van der Waals surface area contributed by atoms with Crippen LogP contribution in [0, 0.1) is 6.92 Å². The number of carboxylic acid groups (broad SMARTS) is 2. The summed E-state index contributed by atoms with van der Waals surface area (Å²) >= 11 is 0. The summed E-state index contributed by atoms with van der Waals surface area (Å²) in [7, 11) is 0. The molecule has 8 heteroatoms. The zero-order valence-electron chi connectivity index (χ0n) is 24.7. The number of hydrogen-bond acceptors (Lipinski definition) is 6. The molecule has 4 aromatic carbocycles. The third-order valence-electron chi connectivity index (χ3n) is 7.53. The molecular formula is C36H36N2O6. The number of nitrogens with zero attached hydrogens (tertiary/aromatic N) is 2. The van der Waals surface area contributed by atoms with Gasteiger partial charge in [0.2, 0.25) is 5.89 Å². The molecular weight excluding hydrogens is 556 g/mol. The standard InChI is InChI=1S/C36H36N2O6/c1-25-9-18-33-31(22-25)37-35(44-33)29-14-12-27(13-15-29)24-43-32-7-3-2-6-28(32)19-21-38(20-5-4-8-34(39)40)23-26-10-16-30(17-11-26)36(41)42/h2-3,6-7,9-18,22H,4-5,8,19-21,23-24H2,1H3,(H,39,40)(H,41,42). The largest absolute Gasteiger partial charge is 0.489 e. The molecule has 0 saturated heterocycles. The molecule has 5 rings (SSSR count). The van der Waals surface area contributed by atoms with Crippen molar-refractivity contribution in [2.45, 2.75) is 45.8 Å². The molecule has 44 heavy (non-hydrogen) atoms. The zero-order chi connectivity index (χ0) is 30.9. The Morgan fingerprint density at radius 1 is 0.864 bits per heavy atom. The topological polar surface area (TPSA) is 113 Å². The lowest BCUT2D eigenvalue weighted by atomic mass is 10.1. The van der Waals surface area contributed by atoms with Crippen LogP contribution < -0.4 is 4.74 Å². The number of oxazole rings is 1. The van der Waals surface area contributed by atoms with Crippen LogP contribution in [0.3, 0.4) is 0 Å². The first-order valence-electron chi connectivity index (χ1n) is 14.8.